The molecule has 2 aromatic heterocycles. The normalized spacial score (nSPS) is 18.9. The van der Waals surface area contributed by atoms with Gasteiger partial charge in [-0.15, -0.1) is 11.3 Å². The van der Waals surface area contributed by atoms with Crippen LogP contribution in [0.3, 0.4) is 0 Å². The lowest BCUT2D eigenvalue weighted by Gasteiger charge is -2.34. The van der Waals surface area contributed by atoms with Gasteiger partial charge >= 0.3 is 0 Å². The molecule has 8 heteroatoms. The lowest BCUT2D eigenvalue weighted by Crippen LogP contribution is -2.46. The van der Waals surface area contributed by atoms with E-state index in [9.17, 15) is 0 Å². The molecule has 168 valence electrons. The van der Waals surface area contributed by atoms with Crippen LogP contribution in [0.5, 0.6) is 0 Å². The smallest absolute Gasteiger partial charge is 0.191 e. The monoisotopic (exact) mass is 442 g/mol. The number of guanidine groups is 1. The molecule has 1 unspecified atom stereocenters. The van der Waals surface area contributed by atoms with Crippen LogP contribution in [0.4, 0.5) is 5.82 Å². The van der Waals surface area contributed by atoms with Gasteiger partial charge in [0.25, 0.3) is 0 Å². The molecule has 1 atom stereocenters. The van der Waals surface area contributed by atoms with Crippen LogP contribution in [-0.2, 0) is 11.3 Å². The van der Waals surface area contributed by atoms with E-state index in [0.29, 0.717) is 12.6 Å². The van der Waals surface area contributed by atoms with Crippen LogP contribution in [-0.4, -0.2) is 68.3 Å². The Morgan fingerprint density at radius 1 is 1.16 bits per heavy atom. The first kappa shape index (κ1) is 22.0. The lowest BCUT2D eigenvalue weighted by atomic mass is 10.2. The number of nitrogens with zero attached hydrogens (tertiary/aromatic N) is 4. The number of rotatable bonds is 8. The summed E-state index contributed by atoms with van der Waals surface area (Å²) in [5.74, 6) is 1.93. The van der Waals surface area contributed by atoms with Crippen molar-refractivity contribution in [3.05, 3.63) is 46.3 Å². The summed E-state index contributed by atoms with van der Waals surface area (Å²) in [6, 6.07) is 8.96. The maximum Gasteiger partial charge on any atom is 0.191 e. The Morgan fingerprint density at radius 3 is 2.68 bits per heavy atom. The fourth-order valence-electron chi connectivity index (χ4n) is 4.13. The van der Waals surface area contributed by atoms with E-state index >= 15 is 0 Å². The number of ether oxygens (including phenoxy) is 1. The second kappa shape index (κ2) is 11.5. The van der Waals surface area contributed by atoms with Crippen molar-refractivity contribution in [1.29, 1.82) is 0 Å². The first-order valence-corrected chi connectivity index (χ1v) is 12.3. The highest BCUT2D eigenvalue weighted by Gasteiger charge is 2.23. The van der Waals surface area contributed by atoms with Crippen LogP contribution in [0, 0.1) is 0 Å². The van der Waals surface area contributed by atoms with Crippen molar-refractivity contribution in [3.63, 3.8) is 0 Å². The zero-order valence-electron chi connectivity index (χ0n) is 18.4. The molecule has 0 aromatic carbocycles. The van der Waals surface area contributed by atoms with Crippen molar-refractivity contribution >= 4 is 23.1 Å². The minimum Gasteiger partial charge on any atom is -0.379 e. The second-order valence-corrected chi connectivity index (χ2v) is 8.95. The summed E-state index contributed by atoms with van der Waals surface area (Å²) in [5, 5.41) is 9.10. The second-order valence-electron chi connectivity index (χ2n) is 7.97. The number of anilines is 1. The molecule has 2 saturated heterocycles. The molecule has 31 heavy (non-hydrogen) atoms. The minimum absolute atomic E-state index is 0.328. The quantitative estimate of drug-likeness (QED) is 0.484. The van der Waals surface area contributed by atoms with E-state index in [4.69, 9.17) is 9.73 Å². The van der Waals surface area contributed by atoms with E-state index in [-0.39, 0.29) is 0 Å². The number of aromatic nitrogens is 1. The molecule has 4 rings (SSSR count). The molecule has 4 heterocycles. The topological polar surface area (TPSA) is 65.0 Å². The lowest BCUT2D eigenvalue weighted by molar-refractivity contribution is 0.0177. The van der Waals surface area contributed by atoms with Crippen LogP contribution >= 0.6 is 11.3 Å². The number of morpholine rings is 1. The Morgan fingerprint density at radius 2 is 2.00 bits per heavy atom. The van der Waals surface area contributed by atoms with Gasteiger partial charge in [0.2, 0.25) is 0 Å². The SMILES string of the molecule is CCNC(=NCc1ccc(N2CCCC2)nc1)NCC(c1cccs1)N1CCOCC1. The molecule has 2 N–H and O–H groups in total. The fourth-order valence-corrected chi connectivity index (χ4v) is 4.99. The summed E-state index contributed by atoms with van der Waals surface area (Å²) in [4.78, 5) is 15.7. The van der Waals surface area contributed by atoms with Gasteiger partial charge < -0.3 is 20.3 Å². The summed E-state index contributed by atoms with van der Waals surface area (Å²) < 4.78 is 5.56. The third-order valence-electron chi connectivity index (χ3n) is 5.82. The van der Waals surface area contributed by atoms with Crippen molar-refractivity contribution in [3.8, 4) is 0 Å². The first-order chi connectivity index (χ1) is 15.3. The Labute approximate surface area is 189 Å². The molecule has 0 spiro atoms. The number of nitrogens with one attached hydrogen (secondary N) is 2. The van der Waals surface area contributed by atoms with Crippen molar-refractivity contribution < 1.29 is 4.74 Å². The Hall–Kier alpha value is -2.16. The third-order valence-corrected chi connectivity index (χ3v) is 6.80. The summed E-state index contributed by atoms with van der Waals surface area (Å²) in [5.41, 5.74) is 1.13. The first-order valence-electron chi connectivity index (χ1n) is 11.4. The Kier molecular flexibility index (Phi) is 8.15. The van der Waals surface area contributed by atoms with Crippen LogP contribution in [0.15, 0.2) is 40.8 Å². The van der Waals surface area contributed by atoms with E-state index in [0.717, 1.165) is 69.8 Å². The van der Waals surface area contributed by atoms with Crippen molar-refractivity contribution in [2.45, 2.75) is 32.4 Å². The van der Waals surface area contributed by atoms with Crippen LogP contribution in [0.25, 0.3) is 0 Å². The molecule has 0 radical (unpaired) electrons. The Balaban J connectivity index is 1.37. The summed E-state index contributed by atoms with van der Waals surface area (Å²) in [7, 11) is 0. The number of hydrogen-bond donors (Lipinski definition) is 2. The van der Waals surface area contributed by atoms with Gasteiger partial charge in [-0.2, -0.15) is 0 Å². The van der Waals surface area contributed by atoms with Gasteiger partial charge in [0.05, 0.1) is 25.8 Å². The molecular weight excluding hydrogens is 408 g/mol. The van der Waals surface area contributed by atoms with E-state index in [1.807, 2.05) is 17.5 Å². The van der Waals surface area contributed by atoms with Crippen molar-refractivity contribution in [2.75, 3.05) is 57.4 Å². The van der Waals surface area contributed by atoms with Crippen LogP contribution in [0.1, 0.15) is 36.2 Å². The van der Waals surface area contributed by atoms with Gasteiger partial charge in [-0.3, -0.25) is 4.90 Å². The van der Waals surface area contributed by atoms with Gasteiger partial charge in [-0.25, -0.2) is 9.98 Å². The van der Waals surface area contributed by atoms with Crippen molar-refractivity contribution in [2.24, 2.45) is 4.99 Å². The molecule has 2 aliphatic rings. The third kappa shape index (κ3) is 6.18. The highest BCUT2D eigenvalue weighted by molar-refractivity contribution is 7.10. The number of hydrogen-bond acceptors (Lipinski definition) is 6. The van der Waals surface area contributed by atoms with Crippen LogP contribution in [0.2, 0.25) is 0 Å². The zero-order chi connectivity index (χ0) is 21.3. The van der Waals surface area contributed by atoms with Crippen LogP contribution < -0.4 is 15.5 Å². The molecule has 2 fully saturated rings. The van der Waals surface area contributed by atoms with Gasteiger partial charge in [0.15, 0.2) is 5.96 Å². The van der Waals surface area contributed by atoms with E-state index in [1.54, 1.807) is 0 Å². The Bertz CT molecular complexity index is 798. The number of aliphatic imine (C=N–C) groups is 1. The summed E-state index contributed by atoms with van der Waals surface area (Å²) >= 11 is 1.82. The van der Waals surface area contributed by atoms with Crippen molar-refractivity contribution in [1.82, 2.24) is 20.5 Å². The van der Waals surface area contributed by atoms with E-state index in [1.165, 1.54) is 17.7 Å². The molecule has 0 bridgehead atoms. The number of pyridine rings is 1. The van der Waals surface area contributed by atoms with Gasteiger partial charge in [0.1, 0.15) is 5.82 Å². The van der Waals surface area contributed by atoms with E-state index < -0.39 is 0 Å². The molecule has 2 aliphatic heterocycles. The maximum absolute atomic E-state index is 5.56. The summed E-state index contributed by atoms with van der Waals surface area (Å²) in [6.45, 7) is 10.1. The standard InChI is InChI=1S/C23H34N6OS/c1-2-24-23(26-17-19-7-8-22(25-16-19)29-9-3-4-10-29)27-18-20(21-6-5-15-31-21)28-11-13-30-14-12-28/h5-8,15-16,20H,2-4,9-14,17-18H2,1H3,(H2,24,26,27). The molecule has 0 aliphatic carbocycles. The average Bonchev–Trinajstić information content (AvgIpc) is 3.53. The molecule has 0 saturated carbocycles. The van der Waals surface area contributed by atoms with E-state index in [2.05, 4.69) is 62.0 Å². The summed E-state index contributed by atoms with van der Waals surface area (Å²) in [6.07, 6.45) is 4.49. The van der Waals surface area contributed by atoms with Gasteiger partial charge in [-0.1, -0.05) is 12.1 Å². The molecule has 7 nitrogen and oxygen atoms in total. The molecule has 2 aromatic rings. The van der Waals surface area contributed by atoms with Gasteiger partial charge in [0, 0.05) is 50.3 Å². The minimum atomic E-state index is 0.328. The number of thiophene rings is 1. The van der Waals surface area contributed by atoms with Gasteiger partial charge in [-0.05, 0) is 42.8 Å². The zero-order valence-corrected chi connectivity index (χ0v) is 19.2. The highest BCUT2D eigenvalue weighted by Crippen LogP contribution is 2.25. The predicted molar refractivity (Wildman–Crippen MR) is 128 cm³/mol. The highest BCUT2D eigenvalue weighted by atomic mass is 32.1. The molecular formula is C23H34N6OS. The maximum atomic E-state index is 5.56. The average molecular weight is 443 g/mol. The fraction of sp³-hybridized carbons (Fsp3) is 0.565. The largest absolute Gasteiger partial charge is 0.379 e. The predicted octanol–water partition coefficient (Wildman–Crippen LogP) is 2.87. The molecule has 0 amide bonds.